The van der Waals surface area contributed by atoms with Crippen molar-refractivity contribution in [3.63, 3.8) is 0 Å². The Morgan fingerprint density at radius 3 is 2.48 bits per heavy atom. The highest BCUT2D eigenvalue weighted by atomic mass is 32.2. The first-order chi connectivity index (χ1) is 13.9. The molecule has 29 heavy (non-hydrogen) atoms. The highest BCUT2D eigenvalue weighted by Crippen LogP contribution is 2.35. The van der Waals surface area contributed by atoms with Gasteiger partial charge in [-0.1, -0.05) is 31.2 Å². The second-order valence-electron chi connectivity index (χ2n) is 5.97. The molecule has 1 saturated heterocycles. The molecule has 0 atom stereocenters. The summed E-state index contributed by atoms with van der Waals surface area (Å²) < 4.78 is 18.5. The van der Waals surface area contributed by atoms with E-state index in [1.54, 1.807) is 12.1 Å². The van der Waals surface area contributed by atoms with Crippen molar-refractivity contribution >= 4 is 40.4 Å². The van der Waals surface area contributed by atoms with Crippen LogP contribution in [0, 0.1) is 5.82 Å². The number of amides is 2. The minimum atomic E-state index is -0.826. The van der Waals surface area contributed by atoms with Crippen molar-refractivity contribution in [3.8, 4) is 0 Å². The third kappa shape index (κ3) is 4.43. The van der Waals surface area contributed by atoms with Gasteiger partial charge >= 0.3 is 5.97 Å². The summed E-state index contributed by atoms with van der Waals surface area (Å²) in [5, 5.41) is 0.0302. The molecule has 0 spiro atoms. The molecule has 1 aliphatic rings. The summed E-state index contributed by atoms with van der Waals surface area (Å²) in [6.07, 6.45) is 1.86. The highest BCUT2D eigenvalue weighted by Gasteiger charge is 2.36. The van der Waals surface area contributed by atoms with E-state index in [4.69, 9.17) is 0 Å². The molecule has 0 saturated carbocycles. The Kier molecular flexibility index (Phi) is 6.23. The number of nitrogens with zero attached hydrogens (tertiary/aromatic N) is 2. The van der Waals surface area contributed by atoms with Gasteiger partial charge in [0.05, 0.1) is 23.3 Å². The predicted octanol–water partition coefficient (Wildman–Crippen LogP) is 3.72. The number of hydrogen-bond acceptors (Lipinski definition) is 5. The van der Waals surface area contributed by atoms with Crippen LogP contribution in [0.2, 0.25) is 0 Å². The normalized spacial score (nSPS) is 16.5. The number of carbonyl (C=O) groups is 3. The largest absolute Gasteiger partial charge is 0.466 e. The van der Waals surface area contributed by atoms with E-state index in [1.165, 1.54) is 30.2 Å². The topological polar surface area (TPSA) is 76.0 Å². The fourth-order valence-electron chi connectivity index (χ4n) is 2.60. The summed E-state index contributed by atoms with van der Waals surface area (Å²) >= 11 is 0.848. The number of hydrogen-bond donors (Lipinski definition) is 0. The molecule has 0 unspecified atom stereocenters. The van der Waals surface area contributed by atoms with Crippen LogP contribution in [0.5, 0.6) is 0 Å². The Morgan fingerprint density at radius 1 is 1.17 bits per heavy atom. The van der Waals surface area contributed by atoms with Crippen LogP contribution in [0.15, 0.2) is 64.5 Å². The van der Waals surface area contributed by atoms with Crippen molar-refractivity contribution in [3.05, 3.63) is 76.5 Å². The van der Waals surface area contributed by atoms with Gasteiger partial charge < -0.3 is 4.74 Å². The Labute approximate surface area is 171 Å². The van der Waals surface area contributed by atoms with E-state index in [-0.39, 0.29) is 15.6 Å². The third-order valence-electron chi connectivity index (χ3n) is 4.16. The number of esters is 1. The maximum atomic E-state index is 13.9. The molecule has 1 aliphatic heterocycles. The summed E-state index contributed by atoms with van der Waals surface area (Å²) in [6.45, 7) is 2.00. The van der Waals surface area contributed by atoms with Crippen LogP contribution in [0.3, 0.4) is 0 Å². The molecule has 0 aromatic heterocycles. The van der Waals surface area contributed by atoms with Crippen molar-refractivity contribution in [2.45, 2.75) is 13.3 Å². The van der Waals surface area contributed by atoms with E-state index >= 15 is 0 Å². The van der Waals surface area contributed by atoms with Gasteiger partial charge in [0.15, 0.2) is 5.17 Å². The molecular formula is C21H17FN2O4S. The van der Waals surface area contributed by atoms with Crippen molar-refractivity contribution in [2.75, 3.05) is 12.0 Å². The molecule has 0 aliphatic carbocycles. The number of carbonyl (C=O) groups excluding carboxylic acids is 3. The molecule has 2 amide bonds. The Hall–Kier alpha value is -3.26. The molecule has 1 heterocycles. The summed E-state index contributed by atoms with van der Waals surface area (Å²) in [5.74, 6) is -2.76. The van der Waals surface area contributed by atoms with E-state index in [9.17, 15) is 18.8 Å². The second kappa shape index (κ2) is 8.83. The fourth-order valence-corrected chi connectivity index (χ4v) is 3.54. The first-order valence-corrected chi connectivity index (χ1v) is 9.54. The lowest BCUT2D eigenvalue weighted by molar-refractivity contribution is -0.135. The number of amidine groups is 1. The zero-order valence-electron chi connectivity index (χ0n) is 15.7. The van der Waals surface area contributed by atoms with Gasteiger partial charge in [-0.2, -0.15) is 4.99 Å². The van der Waals surface area contributed by atoms with E-state index in [1.807, 2.05) is 19.1 Å². The van der Waals surface area contributed by atoms with E-state index in [0.29, 0.717) is 5.69 Å². The fraction of sp³-hybridized carbons (Fsp3) is 0.143. The SMILES string of the molecule is CCc1ccc(N2C(=O)/C(=C/C(=O)OC)SC2=NC(=O)c2ccccc2F)cc1. The number of ether oxygens (including phenoxy) is 1. The Balaban J connectivity index is 2.04. The molecule has 0 N–H and O–H groups in total. The lowest BCUT2D eigenvalue weighted by Crippen LogP contribution is -2.29. The molecule has 3 rings (SSSR count). The number of benzene rings is 2. The number of thioether (sulfide) groups is 1. The number of aliphatic imine (C=N–C) groups is 1. The summed E-state index contributed by atoms with van der Waals surface area (Å²) in [6, 6.07) is 12.6. The predicted molar refractivity (Wildman–Crippen MR) is 109 cm³/mol. The number of anilines is 1. The van der Waals surface area contributed by atoms with Crippen LogP contribution in [0.25, 0.3) is 0 Å². The molecule has 6 nitrogen and oxygen atoms in total. The van der Waals surface area contributed by atoms with Crippen molar-refractivity contribution < 1.29 is 23.5 Å². The number of aryl methyl sites for hydroxylation is 1. The number of methoxy groups -OCH3 is 1. The zero-order chi connectivity index (χ0) is 21.0. The first kappa shape index (κ1) is 20.5. The average molecular weight is 412 g/mol. The molecule has 0 radical (unpaired) electrons. The van der Waals surface area contributed by atoms with Gasteiger partial charge in [0.1, 0.15) is 5.82 Å². The summed E-state index contributed by atoms with van der Waals surface area (Å²) in [4.78, 5) is 42.2. The summed E-state index contributed by atoms with van der Waals surface area (Å²) in [7, 11) is 1.20. The smallest absolute Gasteiger partial charge is 0.331 e. The molecule has 2 aromatic carbocycles. The number of halogens is 1. The van der Waals surface area contributed by atoms with Crippen molar-refractivity contribution in [1.29, 1.82) is 0 Å². The lowest BCUT2D eigenvalue weighted by Gasteiger charge is -2.15. The van der Waals surface area contributed by atoms with Crippen LogP contribution >= 0.6 is 11.8 Å². The van der Waals surface area contributed by atoms with Gasteiger partial charge in [-0.05, 0) is 48.0 Å². The average Bonchev–Trinajstić information content (AvgIpc) is 3.02. The highest BCUT2D eigenvalue weighted by molar-refractivity contribution is 8.19. The molecule has 1 fully saturated rings. The third-order valence-corrected chi connectivity index (χ3v) is 5.13. The molecule has 0 bridgehead atoms. The molecule has 148 valence electrons. The maximum Gasteiger partial charge on any atom is 0.331 e. The first-order valence-electron chi connectivity index (χ1n) is 8.73. The van der Waals surface area contributed by atoms with Crippen molar-refractivity contribution in [1.82, 2.24) is 0 Å². The number of rotatable bonds is 4. The molecule has 8 heteroatoms. The van der Waals surface area contributed by atoms with Gasteiger partial charge in [0.2, 0.25) is 0 Å². The molecule has 2 aromatic rings. The second-order valence-corrected chi connectivity index (χ2v) is 6.98. The van der Waals surface area contributed by atoms with Gasteiger partial charge in [-0.25, -0.2) is 9.18 Å². The van der Waals surface area contributed by atoms with E-state index in [2.05, 4.69) is 9.73 Å². The summed E-state index contributed by atoms with van der Waals surface area (Å²) in [5.41, 5.74) is 1.34. The van der Waals surface area contributed by atoms with Gasteiger partial charge in [0, 0.05) is 6.08 Å². The monoisotopic (exact) mass is 412 g/mol. The standard InChI is InChI=1S/C21H17FN2O4S/c1-3-13-8-10-14(11-9-13)24-20(27)17(12-18(25)28-2)29-21(24)23-19(26)15-6-4-5-7-16(15)22/h4-12H,3H2,1-2H3/b17-12-,23-21?. The van der Waals surface area contributed by atoms with Crippen LogP contribution in [0.4, 0.5) is 10.1 Å². The minimum Gasteiger partial charge on any atom is -0.466 e. The van der Waals surface area contributed by atoms with E-state index in [0.717, 1.165) is 35.9 Å². The Morgan fingerprint density at radius 2 is 1.86 bits per heavy atom. The zero-order valence-corrected chi connectivity index (χ0v) is 16.5. The maximum absolute atomic E-state index is 13.9. The van der Waals surface area contributed by atoms with Gasteiger partial charge in [-0.3, -0.25) is 14.5 Å². The van der Waals surface area contributed by atoms with Crippen molar-refractivity contribution in [2.24, 2.45) is 4.99 Å². The van der Waals surface area contributed by atoms with Gasteiger partial charge in [-0.15, -0.1) is 0 Å². The quantitative estimate of drug-likeness (QED) is 0.565. The lowest BCUT2D eigenvalue weighted by atomic mass is 10.1. The van der Waals surface area contributed by atoms with Crippen LogP contribution in [-0.2, 0) is 20.7 Å². The van der Waals surface area contributed by atoms with Crippen LogP contribution < -0.4 is 4.90 Å². The minimum absolute atomic E-state index is 0.0302. The molecular weight excluding hydrogens is 395 g/mol. The van der Waals surface area contributed by atoms with E-state index < -0.39 is 23.6 Å². The Bertz CT molecular complexity index is 1030. The van der Waals surface area contributed by atoms with Gasteiger partial charge in [0.25, 0.3) is 11.8 Å². The van der Waals surface area contributed by atoms with Crippen LogP contribution in [-0.4, -0.2) is 30.1 Å². The van der Waals surface area contributed by atoms with Crippen LogP contribution in [0.1, 0.15) is 22.8 Å².